The van der Waals surface area contributed by atoms with Crippen LogP contribution >= 0.6 is 0 Å². The van der Waals surface area contributed by atoms with Crippen LogP contribution < -0.4 is 5.32 Å². The summed E-state index contributed by atoms with van der Waals surface area (Å²) in [6, 6.07) is 9.15. The molecule has 4 heteroatoms. The monoisotopic (exact) mass is 331 g/mol. The zero-order chi connectivity index (χ0) is 17.8. The Balaban J connectivity index is 2.26. The van der Waals surface area contributed by atoms with Crippen LogP contribution in [0.4, 0.5) is 0 Å². The second kappa shape index (κ2) is 11.6. The molecule has 24 heavy (non-hydrogen) atoms. The number of carbonyl (C=O) groups excluding carboxylic acids is 2. The van der Waals surface area contributed by atoms with E-state index in [1.54, 1.807) is 0 Å². The van der Waals surface area contributed by atoms with Gasteiger partial charge in [-0.05, 0) is 38.2 Å². The van der Waals surface area contributed by atoms with Crippen molar-refractivity contribution in [2.75, 3.05) is 6.61 Å². The molecule has 0 fully saturated rings. The van der Waals surface area contributed by atoms with Crippen LogP contribution in [0.2, 0.25) is 0 Å². The van der Waals surface area contributed by atoms with E-state index < -0.39 is 6.04 Å². The quantitative estimate of drug-likeness (QED) is 0.497. The van der Waals surface area contributed by atoms with E-state index in [2.05, 4.69) is 32.2 Å². The van der Waals surface area contributed by atoms with Crippen LogP contribution in [-0.2, 0) is 20.9 Å². The molecule has 0 aliphatic rings. The van der Waals surface area contributed by atoms with Crippen LogP contribution in [0.5, 0.6) is 0 Å². The fourth-order valence-electron chi connectivity index (χ4n) is 2.33. The number of benzene rings is 1. The van der Waals surface area contributed by atoms with Gasteiger partial charge in [0.1, 0.15) is 12.3 Å². The molecule has 0 heterocycles. The summed E-state index contributed by atoms with van der Waals surface area (Å²) in [6.45, 7) is 6.82. The Labute approximate surface area is 145 Å². The number of allylic oxidation sites excluding steroid dienone is 2. The van der Waals surface area contributed by atoms with Gasteiger partial charge < -0.3 is 14.8 Å². The Bertz CT molecular complexity index is 521. The Morgan fingerprint density at radius 1 is 1.25 bits per heavy atom. The Kier molecular flexibility index (Phi) is 9.70. The van der Waals surface area contributed by atoms with Gasteiger partial charge in [-0.1, -0.05) is 48.9 Å². The Hall–Kier alpha value is -1.94. The largest absolute Gasteiger partial charge is 0.374 e. The first-order chi connectivity index (χ1) is 11.5. The molecular weight excluding hydrogens is 302 g/mol. The van der Waals surface area contributed by atoms with E-state index >= 15 is 0 Å². The summed E-state index contributed by atoms with van der Waals surface area (Å²) >= 11 is 0. The molecule has 0 bridgehead atoms. The molecule has 1 amide bonds. The van der Waals surface area contributed by atoms with Gasteiger partial charge in [0.25, 0.3) is 0 Å². The highest BCUT2D eigenvalue weighted by Crippen LogP contribution is 2.11. The minimum Gasteiger partial charge on any atom is -0.374 e. The molecule has 1 rings (SSSR count). The van der Waals surface area contributed by atoms with Gasteiger partial charge in [-0.15, -0.1) is 0 Å². The molecule has 0 aliphatic heterocycles. The second-order valence-electron chi connectivity index (χ2n) is 6.48. The van der Waals surface area contributed by atoms with Crippen molar-refractivity contribution < 1.29 is 14.3 Å². The minimum atomic E-state index is -0.591. The van der Waals surface area contributed by atoms with Crippen molar-refractivity contribution in [2.24, 2.45) is 5.92 Å². The third-order valence-corrected chi connectivity index (χ3v) is 3.67. The average Bonchev–Trinajstić information content (AvgIpc) is 2.54. The van der Waals surface area contributed by atoms with Crippen molar-refractivity contribution in [3.63, 3.8) is 0 Å². The molecule has 0 radical (unpaired) electrons. The van der Waals surface area contributed by atoms with E-state index in [1.807, 2.05) is 30.3 Å². The zero-order valence-electron chi connectivity index (χ0n) is 15.0. The maximum Gasteiger partial charge on any atom is 0.220 e. The lowest BCUT2D eigenvalue weighted by atomic mass is 10.0. The molecule has 0 aliphatic carbocycles. The van der Waals surface area contributed by atoms with E-state index in [0.717, 1.165) is 24.7 Å². The highest BCUT2D eigenvalue weighted by Gasteiger charge is 2.14. The van der Waals surface area contributed by atoms with Crippen molar-refractivity contribution >= 4 is 12.2 Å². The maximum atomic E-state index is 12.0. The van der Waals surface area contributed by atoms with Crippen LogP contribution in [0.1, 0.15) is 45.6 Å². The molecule has 0 aromatic heterocycles. The Morgan fingerprint density at radius 3 is 2.58 bits per heavy atom. The highest BCUT2D eigenvalue weighted by atomic mass is 16.5. The number of carbonyl (C=O) groups is 2. The van der Waals surface area contributed by atoms with Crippen LogP contribution in [0.25, 0.3) is 0 Å². The van der Waals surface area contributed by atoms with Gasteiger partial charge in [0, 0.05) is 6.42 Å². The standard InChI is InChI=1S/C20H29NO3/c1-16(2)8-7-9-17(3)12-20(23)21-19(13-22)15-24-14-18-10-5-4-6-11-18/h4-6,8,10-11,13,17,19H,7,9,12,14-15H2,1-3H3,(H,21,23)/t17-,19?/m0/s1. The molecule has 1 unspecified atom stereocenters. The first-order valence-electron chi connectivity index (χ1n) is 8.51. The summed E-state index contributed by atoms with van der Waals surface area (Å²) in [6.07, 6.45) is 5.29. The normalized spacial score (nSPS) is 13.0. The van der Waals surface area contributed by atoms with Gasteiger partial charge in [-0.25, -0.2) is 0 Å². The number of amides is 1. The zero-order valence-corrected chi connectivity index (χ0v) is 15.0. The summed E-state index contributed by atoms with van der Waals surface area (Å²) in [4.78, 5) is 23.1. The molecule has 0 saturated heterocycles. The van der Waals surface area contributed by atoms with Crippen molar-refractivity contribution in [1.29, 1.82) is 0 Å². The summed E-state index contributed by atoms with van der Waals surface area (Å²) in [5, 5.41) is 2.74. The molecule has 1 N–H and O–H groups in total. The highest BCUT2D eigenvalue weighted by molar-refractivity contribution is 5.79. The first kappa shape index (κ1) is 20.1. The number of rotatable bonds is 11. The second-order valence-corrected chi connectivity index (χ2v) is 6.48. The lowest BCUT2D eigenvalue weighted by Crippen LogP contribution is -2.39. The van der Waals surface area contributed by atoms with Gasteiger partial charge >= 0.3 is 0 Å². The SMILES string of the molecule is CC(C)=CCC[C@H](C)CC(=O)NC(C=O)COCc1ccccc1. The van der Waals surface area contributed by atoms with Gasteiger partial charge in [0.2, 0.25) is 5.91 Å². The van der Waals surface area contributed by atoms with Crippen LogP contribution in [0.15, 0.2) is 42.0 Å². The van der Waals surface area contributed by atoms with E-state index in [-0.39, 0.29) is 18.4 Å². The molecule has 0 saturated carbocycles. The number of aldehydes is 1. The molecule has 0 spiro atoms. The third-order valence-electron chi connectivity index (χ3n) is 3.67. The van der Waals surface area contributed by atoms with Crippen LogP contribution in [0, 0.1) is 5.92 Å². The molecular formula is C20H29NO3. The van der Waals surface area contributed by atoms with E-state index in [4.69, 9.17) is 4.74 Å². The summed E-state index contributed by atoms with van der Waals surface area (Å²) in [7, 11) is 0. The topological polar surface area (TPSA) is 55.4 Å². The summed E-state index contributed by atoms with van der Waals surface area (Å²) < 4.78 is 5.52. The van der Waals surface area contributed by atoms with Gasteiger partial charge in [0.15, 0.2) is 0 Å². The molecule has 2 atom stereocenters. The van der Waals surface area contributed by atoms with Gasteiger partial charge in [0.05, 0.1) is 13.2 Å². The molecule has 1 aromatic carbocycles. The van der Waals surface area contributed by atoms with Gasteiger partial charge in [-0.2, -0.15) is 0 Å². The predicted octanol–water partition coefficient (Wildman–Crippen LogP) is 3.66. The Morgan fingerprint density at radius 2 is 1.96 bits per heavy atom. The fraction of sp³-hybridized carbons (Fsp3) is 0.500. The fourth-order valence-corrected chi connectivity index (χ4v) is 2.33. The lowest BCUT2D eigenvalue weighted by Gasteiger charge is -2.15. The molecule has 132 valence electrons. The third kappa shape index (κ3) is 9.26. The van der Waals surface area contributed by atoms with Crippen LogP contribution in [0.3, 0.4) is 0 Å². The van der Waals surface area contributed by atoms with E-state index in [1.165, 1.54) is 5.57 Å². The first-order valence-corrected chi connectivity index (χ1v) is 8.51. The van der Waals surface area contributed by atoms with Crippen molar-refractivity contribution in [3.05, 3.63) is 47.5 Å². The average molecular weight is 331 g/mol. The van der Waals surface area contributed by atoms with Crippen molar-refractivity contribution in [1.82, 2.24) is 5.32 Å². The predicted molar refractivity (Wildman–Crippen MR) is 96.5 cm³/mol. The van der Waals surface area contributed by atoms with Crippen molar-refractivity contribution in [3.8, 4) is 0 Å². The van der Waals surface area contributed by atoms with Crippen molar-refractivity contribution in [2.45, 2.75) is 52.7 Å². The number of ether oxygens (including phenoxy) is 1. The van der Waals surface area contributed by atoms with Gasteiger partial charge in [-0.3, -0.25) is 4.79 Å². The number of nitrogens with one attached hydrogen (secondary N) is 1. The summed E-state index contributed by atoms with van der Waals surface area (Å²) in [5.74, 6) is 0.193. The van der Waals surface area contributed by atoms with E-state index in [0.29, 0.717) is 13.0 Å². The molecule has 1 aromatic rings. The summed E-state index contributed by atoms with van der Waals surface area (Å²) in [5.41, 5.74) is 2.34. The lowest BCUT2D eigenvalue weighted by molar-refractivity contribution is -0.125. The molecule has 4 nitrogen and oxygen atoms in total. The van der Waals surface area contributed by atoms with E-state index in [9.17, 15) is 9.59 Å². The number of hydrogen-bond acceptors (Lipinski definition) is 3. The number of hydrogen-bond donors (Lipinski definition) is 1. The minimum absolute atomic E-state index is 0.0971. The van der Waals surface area contributed by atoms with Crippen LogP contribution in [-0.4, -0.2) is 24.8 Å². The maximum absolute atomic E-state index is 12.0. The smallest absolute Gasteiger partial charge is 0.220 e.